The summed E-state index contributed by atoms with van der Waals surface area (Å²) in [5.41, 5.74) is 0. The standard InChI is InChI=1S/C15H21NO4/c1-12(8-14-4-2-6-19-14)16-9-13(17)10-18-11-15-5-3-7-20-15/h2-7,12-13,16-17H,8-11H2,1H3. The lowest BCUT2D eigenvalue weighted by Crippen LogP contribution is -2.36. The zero-order valence-electron chi connectivity index (χ0n) is 11.6. The van der Waals surface area contributed by atoms with Gasteiger partial charge in [-0.1, -0.05) is 0 Å². The number of furan rings is 2. The highest BCUT2D eigenvalue weighted by Gasteiger charge is 2.09. The summed E-state index contributed by atoms with van der Waals surface area (Å²) in [6.07, 6.45) is 3.53. The van der Waals surface area contributed by atoms with Crippen LogP contribution in [0.5, 0.6) is 0 Å². The largest absolute Gasteiger partial charge is 0.469 e. The van der Waals surface area contributed by atoms with Gasteiger partial charge in [0.2, 0.25) is 0 Å². The number of nitrogens with one attached hydrogen (secondary N) is 1. The van der Waals surface area contributed by atoms with Crippen LogP contribution in [0.25, 0.3) is 0 Å². The van der Waals surface area contributed by atoms with Crippen molar-refractivity contribution in [2.75, 3.05) is 13.2 Å². The van der Waals surface area contributed by atoms with Crippen molar-refractivity contribution in [1.29, 1.82) is 0 Å². The molecule has 0 amide bonds. The summed E-state index contributed by atoms with van der Waals surface area (Å²) in [5.74, 6) is 1.70. The fourth-order valence-electron chi connectivity index (χ4n) is 1.89. The third-order valence-corrected chi connectivity index (χ3v) is 2.92. The van der Waals surface area contributed by atoms with Crippen LogP contribution >= 0.6 is 0 Å². The van der Waals surface area contributed by atoms with Gasteiger partial charge in [0, 0.05) is 19.0 Å². The number of hydrogen-bond acceptors (Lipinski definition) is 5. The number of hydrogen-bond donors (Lipinski definition) is 2. The van der Waals surface area contributed by atoms with Crippen LogP contribution < -0.4 is 5.32 Å². The average molecular weight is 279 g/mol. The molecule has 2 heterocycles. The quantitative estimate of drug-likeness (QED) is 0.734. The van der Waals surface area contributed by atoms with Crippen LogP contribution in [0.2, 0.25) is 0 Å². The van der Waals surface area contributed by atoms with Crippen LogP contribution in [0.4, 0.5) is 0 Å². The van der Waals surface area contributed by atoms with E-state index < -0.39 is 6.10 Å². The Labute approximate surface area is 118 Å². The number of aliphatic hydroxyl groups excluding tert-OH is 1. The van der Waals surface area contributed by atoms with Crippen LogP contribution in [0, 0.1) is 0 Å². The minimum atomic E-state index is -0.538. The number of aliphatic hydroxyl groups is 1. The second kappa shape index (κ2) is 7.89. The topological polar surface area (TPSA) is 67.8 Å². The maximum absolute atomic E-state index is 9.81. The molecule has 0 radical (unpaired) electrons. The van der Waals surface area contributed by atoms with E-state index in [4.69, 9.17) is 13.6 Å². The summed E-state index contributed by atoms with van der Waals surface area (Å²) in [6.45, 7) is 3.20. The molecule has 5 heteroatoms. The van der Waals surface area contributed by atoms with Crippen LogP contribution in [0.15, 0.2) is 45.6 Å². The zero-order valence-corrected chi connectivity index (χ0v) is 11.6. The van der Waals surface area contributed by atoms with Gasteiger partial charge in [0.05, 0.1) is 25.2 Å². The van der Waals surface area contributed by atoms with Gasteiger partial charge in [-0.2, -0.15) is 0 Å². The Hall–Kier alpha value is -1.56. The Balaban J connectivity index is 1.56. The highest BCUT2D eigenvalue weighted by molar-refractivity contribution is 5.00. The Kier molecular flexibility index (Phi) is 5.86. The van der Waals surface area contributed by atoms with Crippen molar-refractivity contribution in [2.45, 2.75) is 32.1 Å². The van der Waals surface area contributed by atoms with E-state index in [1.165, 1.54) is 0 Å². The van der Waals surface area contributed by atoms with Crippen LogP contribution in [-0.4, -0.2) is 30.4 Å². The molecule has 0 saturated heterocycles. The molecule has 0 aliphatic heterocycles. The van der Waals surface area contributed by atoms with Crippen molar-refractivity contribution >= 4 is 0 Å². The predicted molar refractivity (Wildman–Crippen MR) is 74.2 cm³/mol. The summed E-state index contributed by atoms with van der Waals surface area (Å²) < 4.78 is 15.8. The van der Waals surface area contributed by atoms with Crippen molar-refractivity contribution in [1.82, 2.24) is 5.32 Å². The van der Waals surface area contributed by atoms with Gasteiger partial charge in [-0.15, -0.1) is 0 Å². The molecular formula is C15H21NO4. The number of ether oxygens (including phenoxy) is 1. The molecule has 0 aliphatic carbocycles. The fourth-order valence-corrected chi connectivity index (χ4v) is 1.89. The van der Waals surface area contributed by atoms with E-state index in [0.717, 1.165) is 17.9 Å². The molecule has 0 spiro atoms. The molecule has 0 aliphatic rings. The molecule has 2 atom stereocenters. The first-order chi connectivity index (χ1) is 9.74. The maximum Gasteiger partial charge on any atom is 0.129 e. The summed E-state index contributed by atoms with van der Waals surface area (Å²) in [6, 6.07) is 7.71. The minimum absolute atomic E-state index is 0.237. The lowest BCUT2D eigenvalue weighted by atomic mass is 10.2. The van der Waals surface area contributed by atoms with Crippen molar-refractivity contribution in [3.8, 4) is 0 Å². The van der Waals surface area contributed by atoms with Gasteiger partial charge in [0.1, 0.15) is 18.1 Å². The normalized spacial score (nSPS) is 14.3. The molecule has 2 rings (SSSR count). The first kappa shape index (κ1) is 14.8. The molecular weight excluding hydrogens is 258 g/mol. The van der Waals surface area contributed by atoms with Gasteiger partial charge in [0.15, 0.2) is 0 Å². The van der Waals surface area contributed by atoms with Gasteiger partial charge in [0.25, 0.3) is 0 Å². The predicted octanol–water partition coefficient (Wildman–Crippen LogP) is 1.97. The molecule has 0 aromatic carbocycles. The molecule has 2 aromatic heterocycles. The van der Waals surface area contributed by atoms with Gasteiger partial charge in [-0.25, -0.2) is 0 Å². The molecule has 2 aromatic rings. The van der Waals surface area contributed by atoms with E-state index in [-0.39, 0.29) is 12.6 Å². The van der Waals surface area contributed by atoms with E-state index in [0.29, 0.717) is 13.2 Å². The molecule has 5 nitrogen and oxygen atoms in total. The van der Waals surface area contributed by atoms with E-state index in [1.54, 1.807) is 12.5 Å². The lowest BCUT2D eigenvalue weighted by molar-refractivity contribution is 0.0217. The number of rotatable bonds is 9. The van der Waals surface area contributed by atoms with E-state index in [2.05, 4.69) is 12.2 Å². The van der Waals surface area contributed by atoms with Gasteiger partial charge >= 0.3 is 0 Å². The van der Waals surface area contributed by atoms with E-state index >= 15 is 0 Å². The van der Waals surface area contributed by atoms with Crippen molar-refractivity contribution < 1.29 is 18.7 Å². The zero-order chi connectivity index (χ0) is 14.2. The van der Waals surface area contributed by atoms with Crippen LogP contribution in [0.3, 0.4) is 0 Å². The average Bonchev–Trinajstić information content (AvgIpc) is 3.09. The highest BCUT2D eigenvalue weighted by atomic mass is 16.5. The SMILES string of the molecule is CC(Cc1ccco1)NCC(O)COCc1ccco1. The van der Waals surface area contributed by atoms with E-state index in [9.17, 15) is 5.11 Å². The lowest BCUT2D eigenvalue weighted by Gasteiger charge is -2.16. The fraction of sp³-hybridized carbons (Fsp3) is 0.467. The second-order valence-electron chi connectivity index (χ2n) is 4.84. The highest BCUT2D eigenvalue weighted by Crippen LogP contribution is 2.04. The summed E-state index contributed by atoms with van der Waals surface area (Å²) >= 11 is 0. The van der Waals surface area contributed by atoms with Crippen molar-refractivity contribution in [2.24, 2.45) is 0 Å². The van der Waals surface area contributed by atoms with Crippen LogP contribution in [0.1, 0.15) is 18.4 Å². The van der Waals surface area contributed by atoms with Crippen molar-refractivity contribution in [3.63, 3.8) is 0 Å². The Morgan fingerprint density at radius 1 is 1.20 bits per heavy atom. The van der Waals surface area contributed by atoms with Crippen LogP contribution in [-0.2, 0) is 17.8 Å². The summed E-state index contributed by atoms with van der Waals surface area (Å²) in [4.78, 5) is 0. The first-order valence-corrected chi connectivity index (χ1v) is 6.78. The third-order valence-electron chi connectivity index (χ3n) is 2.92. The summed E-state index contributed by atoms with van der Waals surface area (Å²) in [7, 11) is 0. The van der Waals surface area contributed by atoms with Gasteiger partial charge < -0.3 is 24.0 Å². The second-order valence-corrected chi connectivity index (χ2v) is 4.84. The first-order valence-electron chi connectivity index (χ1n) is 6.78. The maximum atomic E-state index is 9.81. The Morgan fingerprint density at radius 2 is 1.90 bits per heavy atom. The smallest absolute Gasteiger partial charge is 0.129 e. The summed E-state index contributed by atoms with van der Waals surface area (Å²) in [5, 5.41) is 13.1. The molecule has 0 fully saturated rings. The van der Waals surface area contributed by atoms with Gasteiger partial charge in [-0.05, 0) is 31.2 Å². The molecule has 0 bridgehead atoms. The van der Waals surface area contributed by atoms with E-state index in [1.807, 2.05) is 24.3 Å². The molecule has 110 valence electrons. The molecule has 0 saturated carbocycles. The Bertz CT molecular complexity index is 452. The minimum Gasteiger partial charge on any atom is -0.469 e. The Morgan fingerprint density at radius 3 is 2.55 bits per heavy atom. The molecule has 2 N–H and O–H groups in total. The van der Waals surface area contributed by atoms with Crippen molar-refractivity contribution in [3.05, 3.63) is 48.3 Å². The molecule has 20 heavy (non-hydrogen) atoms. The third kappa shape index (κ3) is 5.21. The monoisotopic (exact) mass is 279 g/mol. The van der Waals surface area contributed by atoms with Gasteiger partial charge in [-0.3, -0.25) is 0 Å². The molecule has 2 unspecified atom stereocenters.